The van der Waals surface area contributed by atoms with E-state index < -0.39 is 0 Å². The van der Waals surface area contributed by atoms with Gasteiger partial charge in [-0.2, -0.15) is 5.10 Å². The first kappa shape index (κ1) is 19.0. The Morgan fingerprint density at radius 2 is 2.00 bits per heavy atom. The minimum atomic E-state index is -0.378. The van der Waals surface area contributed by atoms with Gasteiger partial charge in [0.15, 0.2) is 0 Å². The monoisotopic (exact) mass is 403 g/mol. The quantitative estimate of drug-likeness (QED) is 0.417. The van der Waals surface area contributed by atoms with Crippen molar-refractivity contribution in [3.05, 3.63) is 89.1 Å². The molecule has 2 aromatic heterocycles. The second-order valence-corrected chi connectivity index (χ2v) is 7.38. The zero-order chi connectivity index (χ0) is 19.9. The normalized spacial score (nSPS) is 11.9. The third-order valence-corrected chi connectivity index (χ3v) is 5.21. The van der Waals surface area contributed by atoms with Crippen LogP contribution in [-0.4, -0.2) is 27.1 Å². The molecule has 4 aromatic rings. The van der Waals surface area contributed by atoms with Gasteiger partial charge in [0.2, 0.25) is 5.91 Å². The second-order valence-electron chi connectivity index (χ2n) is 6.66. The number of benzene rings is 2. The molecule has 0 aliphatic heterocycles. The summed E-state index contributed by atoms with van der Waals surface area (Å²) in [7, 11) is 0. The van der Waals surface area contributed by atoms with Crippen molar-refractivity contribution >= 4 is 22.9 Å². The summed E-state index contributed by atoms with van der Waals surface area (Å²) in [5.74, 6) is -0.0755. The SMILES string of the molecule is O=C(Nc1cccc(-c2cn[nH]c2)c1)[C@H](Cc1ccccc1)NCc1cscn1. The Kier molecular flexibility index (Phi) is 6.09. The summed E-state index contributed by atoms with van der Waals surface area (Å²) >= 11 is 1.55. The van der Waals surface area contributed by atoms with E-state index in [1.807, 2.05) is 66.2 Å². The maximum Gasteiger partial charge on any atom is 0.241 e. The van der Waals surface area contributed by atoms with E-state index in [1.165, 1.54) is 0 Å². The third kappa shape index (κ3) is 5.16. The van der Waals surface area contributed by atoms with Crippen molar-refractivity contribution in [3.63, 3.8) is 0 Å². The van der Waals surface area contributed by atoms with Crippen molar-refractivity contribution < 1.29 is 4.79 Å². The van der Waals surface area contributed by atoms with Crippen LogP contribution in [0.5, 0.6) is 0 Å². The van der Waals surface area contributed by atoms with Gasteiger partial charge in [-0.05, 0) is 29.7 Å². The molecular weight excluding hydrogens is 382 g/mol. The molecule has 0 radical (unpaired) electrons. The van der Waals surface area contributed by atoms with Crippen LogP contribution in [0.25, 0.3) is 11.1 Å². The first-order chi connectivity index (χ1) is 14.3. The molecule has 0 aliphatic carbocycles. The summed E-state index contributed by atoms with van der Waals surface area (Å²) in [6, 6.07) is 17.4. The van der Waals surface area contributed by atoms with Crippen LogP contribution in [0.1, 0.15) is 11.3 Å². The molecule has 29 heavy (non-hydrogen) atoms. The highest BCUT2D eigenvalue weighted by atomic mass is 32.1. The van der Waals surface area contributed by atoms with Gasteiger partial charge >= 0.3 is 0 Å². The van der Waals surface area contributed by atoms with E-state index in [0.717, 1.165) is 28.1 Å². The molecule has 0 unspecified atom stereocenters. The van der Waals surface area contributed by atoms with E-state index in [0.29, 0.717) is 13.0 Å². The number of aromatic amines is 1. The molecule has 7 heteroatoms. The predicted octanol–water partition coefficient (Wildman–Crippen LogP) is 3.87. The Hall–Kier alpha value is -3.29. The lowest BCUT2D eigenvalue weighted by molar-refractivity contribution is -0.118. The van der Waals surface area contributed by atoms with Gasteiger partial charge in [-0.1, -0.05) is 42.5 Å². The van der Waals surface area contributed by atoms with Crippen LogP contribution in [-0.2, 0) is 17.8 Å². The van der Waals surface area contributed by atoms with Gasteiger partial charge in [-0.3, -0.25) is 15.2 Å². The first-order valence-corrected chi connectivity index (χ1v) is 10.3. The molecule has 3 N–H and O–H groups in total. The minimum absolute atomic E-state index is 0.0755. The fourth-order valence-corrected chi connectivity index (χ4v) is 3.63. The van der Waals surface area contributed by atoms with Crippen LogP contribution in [0.15, 0.2) is 77.9 Å². The van der Waals surface area contributed by atoms with Gasteiger partial charge in [0.25, 0.3) is 0 Å². The molecule has 146 valence electrons. The Morgan fingerprint density at radius 3 is 2.76 bits per heavy atom. The van der Waals surface area contributed by atoms with Gasteiger partial charge in [-0.15, -0.1) is 11.3 Å². The highest BCUT2D eigenvalue weighted by Crippen LogP contribution is 2.21. The lowest BCUT2D eigenvalue weighted by Crippen LogP contribution is -2.41. The Balaban J connectivity index is 1.48. The maximum atomic E-state index is 13.1. The van der Waals surface area contributed by atoms with Crippen LogP contribution in [0.2, 0.25) is 0 Å². The maximum absolute atomic E-state index is 13.1. The molecule has 0 fully saturated rings. The van der Waals surface area contributed by atoms with E-state index in [1.54, 1.807) is 23.0 Å². The van der Waals surface area contributed by atoms with Gasteiger partial charge in [0.05, 0.1) is 23.4 Å². The van der Waals surface area contributed by atoms with Crippen molar-refractivity contribution in [3.8, 4) is 11.1 Å². The van der Waals surface area contributed by atoms with E-state index in [-0.39, 0.29) is 11.9 Å². The number of anilines is 1. The molecule has 4 rings (SSSR count). The number of amides is 1. The molecule has 0 saturated carbocycles. The van der Waals surface area contributed by atoms with Crippen LogP contribution in [0.4, 0.5) is 5.69 Å². The smallest absolute Gasteiger partial charge is 0.241 e. The second kappa shape index (κ2) is 9.27. The van der Waals surface area contributed by atoms with Gasteiger partial charge in [0, 0.05) is 29.4 Å². The third-order valence-electron chi connectivity index (χ3n) is 4.57. The number of nitrogens with zero attached hydrogens (tertiary/aromatic N) is 2. The first-order valence-electron chi connectivity index (χ1n) is 9.32. The van der Waals surface area contributed by atoms with Crippen LogP contribution >= 0.6 is 11.3 Å². The number of H-pyrrole nitrogens is 1. The van der Waals surface area contributed by atoms with E-state index in [9.17, 15) is 4.79 Å². The summed E-state index contributed by atoms with van der Waals surface area (Å²) in [4.78, 5) is 17.4. The largest absolute Gasteiger partial charge is 0.325 e. The highest BCUT2D eigenvalue weighted by molar-refractivity contribution is 7.07. The number of carbonyl (C=O) groups is 1. The lowest BCUT2D eigenvalue weighted by atomic mass is 10.0. The molecule has 0 spiro atoms. The number of carbonyl (C=O) groups excluding carboxylic acids is 1. The molecule has 1 amide bonds. The van der Waals surface area contributed by atoms with Crippen LogP contribution < -0.4 is 10.6 Å². The molecule has 0 aliphatic rings. The average molecular weight is 404 g/mol. The van der Waals surface area contributed by atoms with Crippen LogP contribution in [0.3, 0.4) is 0 Å². The van der Waals surface area contributed by atoms with Crippen molar-refractivity contribution in [2.75, 3.05) is 5.32 Å². The Labute approximate surface area is 173 Å². The number of hydrogen-bond donors (Lipinski definition) is 3. The van der Waals surface area contributed by atoms with Crippen LogP contribution in [0, 0.1) is 0 Å². The summed E-state index contributed by atoms with van der Waals surface area (Å²) in [6.07, 6.45) is 4.18. The lowest BCUT2D eigenvalue weighted by Gasteiger charge is -2.18. The molecule has 6 nitrogen and oxygen atoms in total. The highest BCUT2D eigenvalue weighted by Gasteiger charge is 2.19. The zero-order valence-electron chi connectivity index (χ0n) is 15.7. The zero-order valence-corrected chi connectivity index (χ0v) is 16.5. The number of hydrogen-bond acceptors (Lipinski definition) is 5. The molecule has 0 saturated heterocycles. The van der Waals surface area contributed by atoms with Crippen molar-refractivity contribution in [1.82, 2.24) is 20.5 Å². The van der Waals surface area contributed by atoms with E-state index in [4.69, 9.17) is 0 Å². The number of thiazole rings is 1. The molecule has 1 atom stereocenters. The van der Waals surface area contributed by atoms with Gasteiger partial charge < -0.3 is 5.32 Å². The Bertz CT molecular complexity index is 1030. The van der Waals surface area contributed by atoms with Crippen molar-refractivity contribution in [2.45, 2.75) is 19.0 Å². The summed E-state index contributed by atoms with van der Waals surface area (Å²) < 4.78 is 0. The molecule has 2 aromatic carbocycles. The number of rotatable bonds is 8. The molecule has 2 heterocycles. The fraction of sp³-hybridized carbons (Fsp3) is 0.136. The van der Waals surface area contributed by atoms with Gasteiger partial charge in [0.1, 0.15) is 0 Å². The number of aromatic nitrogens is 3. The number of nitrogens with one attached hydrogen (secondary N) is 3. The predicted molar refractivity (Wildman–Crippen MR) is 116 cm³/mol. The van der Waals surface area contributed by atoms with Crippen molar-refractivity contribution in [1.29, 1.82) is 0 Å². The van der Waals surface area contributed by atoms with Crippen molar-refractivity contribution in [2.24, 2.45) is 0 Å². The molecule has 0 bridgehead atoms. The summed E-state index contributed by atoms with van der Waals surface area (Å²) in [5, 5.41) is 15.2. The Morgan fingerprint density at radius 1 is 1.10 bits per heavy atom. The van der Waals surface area contributed by atoms with E-state index >= 15 is 0 Å². The fourth-order valence-electron chi connectivity index (χ4n) is 3.07. The summed E-state index contributed by atoms with van der Waals surface area (Å²) in [5.41, 5.74) is 6.55. The van der Waals surface area contributed by atoms with E-state index in [2.05, 4.69) is 25.8 Å². The average Bonchev–Trinajstić information content (AvgIpc) is 3.46. The van der Waals surface area contributed by atoms with Gasteiger partial charge in [-0.25, -0.2) is 4.98 Å². The standard InChI is InChI=1S/C22H21N5OS/c28-22(27-19-8-4-7-17(10-19)18-11-25-26-12-18)21(9-16-5-2-1-3-6-16)23-13-20-14-29-15-24-20/h1-8,10-12,14-15,21,23H,9,13H2,(H,25,26)(H,27,28)/t21-/m0/s1. The molecular formula is C22H21N5OS. The summed E-state index contributed by atoms with van der Waals surface area (Å²) in [6.45, 7) is 0.545. The topological polar surface area (TPSA) is 82.7 Å². The minimum Gasteiger partial charge on any atom is -0.325 e.